The molecule has 0 unspecified atom stereocenters. The molecular formula is C16H25F2N. The van der Waals surface area contributed by atoms with Gasteiger partial charge in [0.15, 0.2) is 11.6 Å². The van der Waals surface area contributed by atoms with Crippen LogP contribution in [-0.4, -0.2) is 12.6 Å². The smallest absolute Gasteiger partial charge is 0.159 e. The van der Waals surface area contributed by atoms with Crippen LogP contribution in [0.3, 0.4) is 0 Å². The van der Waals surface area contributed by atoms with Crippen molar-refractivity contribution in [3.05, 3.63) is 35.4 Å². The van der Waals surface area contributed by atoms with E-state index in [0.717, 1.165) is 31.4 Å². The summed E-state index contributed by atoms with van der Waals surface area (Å²) in [4.78, 5) is 0. The molecule has 0 fully saturated rings. The third kappa shape index (κ3) is 6.15. The summed E-state index contributed by atoms with van der Waals surface area (Å²) in [7, 11) is 0. The molecule has 1 rings (SSSR count). The van der Waals surface area contributed by atoms with Gasteiger partial charge in [0.1, 0.15) is 0 Å². The third-order valence-electron chi connectivity index (χ3n) is 3.43. The van der Waals surface area contributed by atoms with Crippen molar-refractivity contribution in [3.63, 3.8) is 0 Å². The lowest BCUT2D eigenvalue weighted by Gasteiger charge is -2.25. The quantitative estimate of drug-likeness (QED) is 0.777. The molecule has 0 amide bonds. The van der Waals surface area contributed by atoms with Crippen LogP contribution < -0.4 is 5.32 Å². The van der Waals surface area contributed by atoms with E-state index in [1.807, 2.05) is 0 Å². The fourth-order valence-corrected chi connectivity index (χ4v) is 2.00. The highest BCUT2D eigenvalue weighted by atomic mass is 19.2. The molecule has 0 aliphatic heterocycles. The minimum absolute atomic E-state index is 0.201. The zero-order valence-corrected chi connectivity index (χ0v) is 12.4. The van der Waals surface area contributed by atoms with Crippen molar-refractivity contribution in [2.24, 2.45) is 5.41 Å². The molecule has 0 saturated heterocycles. The number of hydrogen-bond donors (Lipinski definition) is 1. The van der Waals surface area contributed by atoms with E-state index in [1.165, 1.54) is 12.1 Å². The molecule has 0 bridgehead atoms. The van der Waals surface area contributed by atoms with E-state index >= 15 is 0 Å². The molecule has 0 aliphatic carbocycles. The molecule has 0 aromatic heterocycles. The van der Waals surface area contributed by atoms with Crippen LogP contribution in [0, 0.1) is 17.0 Å². The SMILES string of the molecule is CC(C)NCCC(C)(C)CCc1ccc(F)c(F)c1. The van der Waals surface area contributed by atoms with Crippen molar-refractivity contribution < 1.29 is 8.78 Å². The normalized spacial score (nSPS) is 12.2. The number of benzene rings is 1. The standard InChI is InChI=1S/C16H25F2N/c1-12(2)19-10-9-16(3,4)8-7-13-5-6-14(17)15(18)11-13/h5-6,11-12,19H,7-10H2,1-4H3. The lowest BCUT2D eigenvalue weighted by atomic mass is 9.83. The van der Waals surface area contributed by atoms with Gasteiger partial charge >= 0.3 is 0 Å². The molecular weight excluding hydrogens is 244 g/mol. The highest BCUT2D eigenvalue weighted by Gasteiger charge is 2.17. The Morgan fingerprint density at radius 3 is 2.37 bits per heavy atom. The summed E-state index contributed by atoms with van der Waals surface area (Å²) in [6.07, 6.45) is 2.83. The Kier molecular flexibility index (Phi) is 5.92. The van der Waals surface area contributed by atoms with Crippen LogP contribution in [0.4, 0.5) is 8.78 Å². The van der Waals surface area contributed by atoms with E-state index in [1.54, 1.807) is 6.07 Å². The number of hydrogen-bond acceptors (Lipinski definition) is 1. The monoisotopic (exact) mass is 269 g/mol. The summed E-state index contributed by atoms with van der Waals surface area (Å²) in [5, 5.41) is 3.41. The van der Waals surface area contributed by atoms with Crippen molar-refractivity contribution >= 4 is 0 Å². The number of nitrogens with one attached hydrogen (secondary N) is 1. The Balaban J connectivity index is 2.43. The van der Waals surface area contributed by atoms with Crippen molar-refractivity contribution in [2.45, 2.75) is 53.0 Å². The van der Waals surface area contributed by atoms with Gasteiger partial charge in [0, 0.05) is 6.04 Å². The van der Waals surface area contributed by atoms with Crippen molar-refractivity contribution in [1.82, 2.24) is 5.32 Å². The van der Waals surface area contributed by atoms with Crippen molar-refractivity contribution in [2.75, 3.05) is 6.54 Å². The molecule has 1 aromatic carbocycles. The highest BCUT2D eigenvalue weighted by molar-refractivity contribution is 5.18. The van der Waals surface area contributed by atoms with Gasteiger partial charge in [-0.05, 0) is 48.9 Å². The van der Waals surface area contributed by atoms with E-state index in [-0.39, 0.29) is 5.41 Å². The van der Waals surface area contributed by atoms with Gasteiger partial charge < -0.3 is 5.32 Å². The maximum absolute atomic E-state index is 13.1. The van der Waals surface area contributed by atoms with Crippen LogP contribution in [0.2, 0.25) is 0 Å². The summed E-state index contributed by atoms with van der Waals surface area (Å²) >= 11 is 0. The number of aryl methyl sites for hydroxylation is 1. The Morgan fingerprint density at radius 1 is 1.11 bits per heavy atom. The summed E-state index contributed by atoms with van der Waals surface area (Å²) < 4.78 is 25.9. The number of rotatable bonds is 7. The van der Waals surface area contributed by atoms with E-state index in [9.17, 15) is 8.78 Å². The Hall–Kier alpha value is -0.960. The molecule has 3 heteroatoms. The molecule has 0 spiro atoms. The van der Waals surface area contributed by atoms with Gasteiger partial charge in [-0.1, -0.05) is 33.8 Å². The third-order valence-corrected chi connectivity index (χ3v) is 3.43. The van der Waals surface area contributed by atoms with Crippen LogP contribution in [0.15, 0.2) is 18.2 Å². The van der Waals surface area contributed by atoms with Crippen LogP contribution >= 0.6 is 0 Å². The van der Waals surface area contributed by atoms with Crippen molar-refractivity contribution in [3.8, 4) is 0 Å². The molecule has 0 saturated carbocycles. The first kappa shape index (κ1) is 16.1. The molecule has 0 atom stereocenters. The summed E-state index contributed by atoms with van der Waals surface area (Å²) in [6.45, 7) is 9.69. The molecule has 19 heavy (non-hydrogen) atoms. The molecule has 108 valence electrons. The second-order valence-corrected chi connectivity index (χ2v) is 6.27. The molecule has 0 heterocycles. The Morgan fingerprint density at radius 2 is 1.79 bits per heavy atom. The minimum atomic E-state index is -0.774. The molecule has 1 nitrogen and oxygen atoms in total. The summed E-state index contributed by atoms with van der Waals surface area (Å²) in [5.74, 6) is -1.53. The van der Waals surface area contributed by atoms with Gasteiger partial charge in [-0.3, -0.25) is 0 Å². The van der Waals surface area contributed by atoms with Gasteiger partial charge in [0.25, 0.3) is 0 Å². The zero-order chi connectivity index (χ0) is 14.5. The highest BCUT2D eigenvalue weighted by Crippen LogP contribution is 2.26. The first-order valence-electron chi connectivity index (χ1n) is 6.97. The van der Waals surface area contributed by atoms with Crippen LogP contribution in [0.25, 0.3) is 0 Å². The fourth-order valence-electron chi connectivity index (χ4n) is 2.00. The second-order valence-electron chi connectivity index (χ2n) is 6.27. The average Bonchev–Trinajstić information content (AvgIpc) is 2.30. The average molecular weight is 269 g/mol. The molecule has 0 aliphatic rings. The van der Waals surface area contributed by atoms with Gasteiger partial charge in [-0.15, -0.1) is 0 Å². The van der Waals surface area contributed by atoms with E-state index < -0.39 is 11.6 Å². The maximum atomic E-state index is 13.1. The predicted octanol–water partition coefficient (Wildman–Crippen LogP) is 4.31. The van der Waals surface area contributed by atoms with Crippen LogP contribution in [0.1, 0.15) is 46.1 Å². The second kappa shape index (κ2) is 6.99. The lowest BCUT2D eigenvalue weighted by Crippen LogP contribution is -2.28. The van der Waals surface area contributed by atoms with Crippen molar-refractivity contribution in [1.29, 1.82) is 0 Å². The summed E-state index contributed by atoms with van der Waals surface area (Å²) in [6, 6.07) is 4.68. The van der Waals surface area contributed by atoms with Crippen LogP contribution in [0.5, 0.6) is 0 Å². The van der Waals surface area contributed by atoms with Gasteiger partial charge in [-0.25, -0.2) is 8.78 Å². The van der Waals surface area contributed by atoms with E-state index in [2.05, 4.69) is 33.0 Å². The number of halogens is 2. The zero-order valence-electron chi connectivity index (χ0n) is 12.4. The Bertz CT molecular complexity index is 400. The fraction of sp³-hybridized carbons (Fsp3) is 0.625. The predicted molar refractivity (Wildman–Crippen MR) is 76.2 cm³/mol. The van der Waals surface area contributed by atoms with Gasteiger partial charge in [0.05, 0.1) is 0 Å². The maximum Gasteiger partial charge on any atom is 0.159 e. The first-order valence-corrected chi connectivity index (χ1v) is 6.97. The van der Waals surface area contributed by atoms with Gasteiger partial charge in [0.2, 0.25) is 0 Å². The Labute approximate surface area is 115 Å². The van der Waals surface area contributed by atoms with E-state index in [4.69, 9.17) is 0 Å². The van der Waals surface area contributed by atoms with Crippen LogP contribution in [-0.2, 0) is 6.42 Å². The molecule has 1 N–H and O–H groups in total. The topological polar surface area (TPSA) is 12.0 Å². The van der Waals surface area contributed by atoms with Gasteiger partial charge in [-0.2, -0.15) is 0 Å². The van der Waals surface area contributed by atoms with E-state index in [0.29, 0.717) is 6.04 Å². The first-order chi connectivity index (χ1) is 8.80. The minimum Gasteiger partial charge on any atom is -0.315 e. The molecule has 0 radical (unpaired) electrons. The summed E-state index contributed by atoms with van der Waals surface area (Å²) in [5.41, 5.74) is 1.07. The molecule has 1 aromatic rings. The lowest BCUT2D eigenvalue weighted by molar-refractivity contribution is 0.298. The largest absolute Gasteiger partial charge is 0.315 e.